The largest absolute Gasteiger partial charge is 0.480 e. The minimum Gasteiger partial charge on any atom is -0.480 e. The van der Waals surface area contributed by atoms with Gasteiger partial charge in [-0.1, -0.05) is 0 Å². The molecule has 0 bridgehead atoms. The number of fused-ring (bicyclic) bond motifs is 1. The summed E-state index contributed by atoms with van der Waals surface area (Å²) in [7, 11) is -0.751. The minimum atomic E-state index is -3.59. The van der Waals surface area contributed by atoms with Gasteiger partial charge in [0.25, 0.3) is 10.0 Å². The molecule has 10 heteroatoms. The highest BCUT2D eigenvalue weighted by Gasteiger charge is 2.31. The molecule has 0 unspecified atom stereocenters. The van der Waals surface area contributed by atoms with E-state index in [4.69, 9.17) is 5.11 Å². The number of nitrogens with zero attached hydrogens (tertiary/aromatic N) is 2. The topological polar surface area (TPSA) is 95.0 Å². The zero-order chi connectivity index (χ0) is 15.1. The maximum atomic E-state index is 12.1. The van der Waals surface area contributed by atoms with Crippen LogP contribution in [0.3, 0.4) is 0 Å². The van der Waals surface area contributed by atoms with Crippen LogP contribution in [0.4, 0.5) is 5.69 Å². The van der Waals surface area contributed by atoms with Gasteiger partial charge in [0, 0.05) is 14.1 Å². The molecule has 0 radical (unpaired) electrons. The number of carbonyl (C=O) groups excluding carboxylic acids is 1. The summed E-state index contributed by atoms with van der Waals surface area (Å²) in [6.07, 6.45) is 0. The lowest BCUT2D eigenvalue weighted by Crippen LogP contribution is -2.38. The smallest absolute Gasteiger partial charge is 0.323 e. The number of hydrogen-bond donors (Lipinski definition) is 1. The molecule has 110 valence electrons. The Bertz CT molecular complexity index is 664. The van der Waals surface area contributed by atoms with E-state index in [1.165, 1.54) is 31.9 Å². The number of sulfonamides is 1. The van der Waals surface area contributed by atoms with Crippen LogP contribution < -0.4 is 4.90 Å². The maximum Gasteiger partial charge on any atom is 0.323 e. The van der Waals surface area contributed by atoms with Gasteiger partial charge in [0.05, 0.1) is 15.6 Å². The van der Waals surface area contributed by atoms with Crippen LogP contribution in [0.2, 0.25) is 0 Å². The molecule has 1 aromatic rings. The molecule has 1 N–H and O–H groups in total. The van der Waals surface area contributed by atoms with Gasteiger partial charge in [0.1, 0.15) is 10.8 Å². The Kier molecular flexibility index (Phi) is 4.09. The molecule has 2 heterocycles. The van der Waals surface area contributed by atoms with E-state index in [1.807, 2.05) is 0 Å². The van der Waals surface area contributed by atoms with Crippen molar-refractivity contribution in [3.05, 3.63) is 6.07 Å². The van der Waals surface area contributed by atoms with E-state index in [-0.39, 0.29) is 15.9 Å². The van der Waals surface area contributed by atoms with Crippen LogP contribution >= 0.6 is 23.1 Å². The molecular weight excluding hydrogens is 324 g/mol. The number of thiophene rings is 1. The molecule has 1 aliphatic heterocycles. The molecule has 0 saturated carbocycles. The summed E-state index contributed by atoms with van der Waals surface area (Å²) in [4.78, 5) is 23.7. The number of carbonyl (C=O) groups is 2. The molecule has 0 spiro atoms. The van der Waals surface area contributed by atoms with Crippen molar-refractivity contribution in [3.8, 4) is 0 Å². The first-order chi connectivity index (χ1) is 9.23. The third-order valence-electron chi connectivity index (χ3n) is 2.60. The molecule has 1 aromatic heterocycles. The summed E-state index contributed by atoms with van der Waals surface area (Å²) < 4.78 is 26.0. The highest BCUT2D eigenvalue weighted by atomic mass is 32.3. The predicted molar refractivity (Wildman–Crippen MR) is 75.9 cm³/mol. The Hall–Kier alpha value is -1.10. The van der Waals surface area contributed by atoms with Gasteiger partial charge < -0.3 is 5.11 Å². The average Bonchev–Trinajstić information content (AvgIpc) is 2.77. The van der Waals surface area contributed by atoms with Crippen molar-refractivity contribution in [1.29, 1.82) is 0 Å². The summed E-state index contributed by atoms with van der Waals surface area (Å²) in [5.74, 6) is -1.36. The number of carboxylic acids is 1. The average molecular weight is 336 g/mol. The first-order valence-electron chi connectivity index (χ1n) is 5.45. The standard InChI is InChI=1S/C10H12N2O5S3/c1-11(2)20(16,17)9-3-6-10(19-9)18-5-7(13)12(6)4-8(14)15/h3H,4-5H2,1-2H3,(H,14,15). The van der Waals surface area contributed by atoms with E-state index < -0.39 is 22.5 Å². The molecule has 20 heavy (non-hydrogen) atoms. The molecule has 7 nitrogen and oxygen atoms in total. The predicted octanol–water partition coefficient (Wildman–Crippen LogP) is 0.522. The van der Waals surface area contributed by atoms with Crippen LogP contribution in [0, 0.1) is 0 Å². The first-order valence-corrected chi connectivity index (χ1v) is 8.69. The van der Waals surface area contributed by atoms with Crippen molar-refractivity contribution < 1.29 is 23.1 Å². The van der Waals surface area contributed by atoms with Gasteiger partial charge in [-0.3, -0.25) is 14.5 Å². The molecule has 0 aromatic carbocycles. The van der Waals surface area contributed by atoms with E-state index in [1.54, 1.807) is 0 Å². The van der Waals surface area contributed by atoms with Gasteiger partial charge in [-0.2, -0.15) is 0 Å². The lowest BCUT2D eigenvalue weighted by molar-refractivity contribution is -0.136. The second kappa shape index (κ2) is 5.35. The third kappa shape index (κ3) is 2.68. The number of carboxylic acid groups (broad SMARTS) is 1. The van der Waals surface area contributed by atoms with Crippen molar-refractivity contribution in [3.63, 3.8) is 0 Å². The number of thioether (sulfide) groups is 1. The molecule has 1 aliphatic rings. The summed E-state index contributed by atoms with van der Waals surface area (Å²) in [5.41, 5.74) is 0.360. The zero-order valence-electron chi connectivity index (χ0n) is 10.7. The SMILES string of the molecule is CN(C)S(=O)(=O)c1cc2c(s1)SCC(=O)N2CC(=O)O. The van der Waals surface area contributed by atoms with Gasteiger partial charge in [-0.05, 0) is 6.07 Å². The second-order valence-electron chi connectivity index (χ2n) is 4.19. The van der Waals surface area contributed by atoms with Gasteiger partial charge in [-0.15, -0.1) is 23.1 Å². The van der Waals surface area contributed by atoms with Crippen molar-refractivity contribution in [2.45, 2.75) is 8.42 Å². The van der Waals surface area contributed by atoms with Crippen molar-refractivity contribution in [1.82, 2.24) is 4.31 Å². The van der Waals surface area contributed by atoms with E-state index in [9.17, 15) is 18.0 Å². The van der Waals surface area contributed by atoms with Crippen LogP contribution in [0.1, 0.15) is 0 Å². The molecule has 2 rings (SSSR count). The monoisotopic (exact) mass is 336 g/mol. The van der Waals surface area contributed by atoms with E-state index >= 15 is 0 Å². The fraction of sp³-hybridized carbons (Fsp3) is 0.400. The van der Waals surface area contributed by atoms with Gasteiger partial charge in [0.2, 0.25) is 5.91 Å². The molecule has 0 saturated heterocycles. The highest BCUT2D eigenvalue weighted by molar-refractivity contribution is 8.02. The molecular formula is C10H12N2O5S3. The van der Waals surface area contributed by atoms with Crippen molar-refractivity contribution in [2.75, 3.05) is 31.3 Å². The van der Waals surface area contributed by atoms with Gasteiger partial charge >= 0.3 is 5.97 Å². The molecule has 1 amide bonds. The number of anilines is 1. The Balaban J connectivity index is 2.47. The lowest BCUT2D eigenvalue weighted by Gasteiger charge is -2.24. The maximum absolute atomic E-state index is 12.1. The van der Waals surface area contributed by atoms with Crippen molar-refractivity contribution in [2.24, 2.45) is 0 Å². The fourth-order valence-electron chi connectivity index (χ4n) is 1.59. The number of hydrogen-bond acceptors (Lipinski definition) is 6. The summed E-state index contributed by atoms with van der Waals surface area (Å²) in [5, 5.41) is 8.84. The van der Waals surface area contributed by atoms with Gasteiger partial charge in [-0.25, -0.2) is 12.7 Å². The first kappa shape index (κ1) is 15.3. The Morgan fingerprint density at radius 1 is 1.50 bits per heavy atom. The molecule has 0 atom stereocenters. The molecule has 0 fully saturated rings. The van der Waals surface area contributed by atoms with Crippen LogP contribution in [-0.2, 0) is 19.6 Å². The number of rotatable bonds is 4. The Morgan fingerprint density at radius 2 is 2.15 bits per heavy atom. The summed E-state index contributed by atoms with van der Waals surface area (Å²) >= 11 is 2.28. The minimum absolute atomic E-state index is 0.102. The quantitative estimate of drug-likeness (QED) is 0.861. The van der Waals surface area contributed by atoms with Crippen LogP contribution in [0.5, 0.6) is 0 Å². The highest BCUT2D eigenvalue weighted by Crippen LogP contribution is 2.43. The van der Waals surface area contributed by atoms with Crippen LogP contribution in [-0.4, -0.2) is 56.1 Å². The molecule has 0 aliphatic carbocycles. The van der Waals surface area contributed by atoms with Crippen LogP contribution in [0.15, 0.2) is 14.5 Å². The van der Waals surface area contributed by atoms with E-state index in [0.717, 1.165) is 20.5 Å². The second-order valence-corrected chi connectivity index (χ2v) is 8.86. The van der Waals surface area contributed by atoms with Crippen molar-refractivity contribution >= 4 is 50.7 Å². The van der Waals surface area contributed by atoms with Crippen LogP contribution in [0.25, 0.3) is 0 Å². The third-order valence-corrected chi connectivity index (χ3v) is 7.25. The van der Waals surface area contributed by atoms with E-state index in [2.05, 4.69) is 0 Å². The van der Waals surface area contributed by atoms with Gasteiger partial charge in [0.15, 0.2) is 0 Å². The normalized spacial score (nSPS) is 15.6. The number of aliphatic carboxylic acids is 1. The summed E-state index contributed by atoms with van der Waals surface area (Å²) in [6.45, 7) is -0.468. The Labute approximate surface area is 124 Å². The lowest BCUT2D eigenvalue weighted by atomic mass is 10.4. The Morgan fingerprint density at radius 3 is 2.70 bits per heavy atom. The van der Waals surface area contributed by atoms with E-state index in [0.29, 0.717) is 9.90 Å². The fourth-order valence-corrected chi connectivity index (χ4v) is 5.52. The summed E-state index contributed by atoms with van der Waals surface area (Å²) in [6, 6.07) is 1.36. The zero-order valence-corrected chi connectivity index (χ0v) is 13.1. The number of amides is 1.